The van der Waals surface area contributed by atoms with Crippen molar-refractivity contribution in [2.75, 3.05) is 30.8 Å². The lowest BCUT2D eigenvalue weighted by Crippen LogP contribution is -2.29. The normalized spacial score (nSPS) is 11.1. The van der Waals surface area contributed by atoms with Crippen molar-refractivity contribution in [3.8, 4) is 11.5 Å². The van der Waals surface area contributed by atoms with Crippen LogP contribution in [0.5, 0.6) is 11.5 Å². The lowest BCUT2D eigenvalue weighted by atomic mass is 10.1. The lowest BCUT2D eigenvalue weighted by molar-refractivity contribution is 0.0947. The second kappa shape index (κ2) is 11.6. The Morgan fingerprint density at radius 1 is 1.06 bits per heavy atom. The first-order valence-corrected chi connectivity index (χ1v) is 13.3. The summed E-state index contributed by atoms with van der Waals surface area (Å²) >= 11 is 9.45. The zero-order valence-corrected chi connectivity index (χ0v) is 21.8. The third-order valence-electron chi connectivity index (χ3n) is 4.85. The average Bonchev–Trinajstić information content (AvgIpc) is 2.82. The van der Waals surface area contributed by atoms with E-state index in [9.17, 15) is 13.2 Å². The van der Waals surface area contributed by atoms with Gasteiger partial charge in [0.25, 0.3) is 5.91 Å². The van der Waals surface area contributed by atoms with Crippen LogP contribution in [0.1, 0.15) is 15.9 Å². The third-order valence-corrected chi connectivity index (χ3v) is 7.22. The molecule has 7 nitrogen and oxygen atoms in total. The minimum absolute atomic E-state index is 0.103. The zero-order valence-electron chi connectivity index (χ0n) is 18.6. The molecule has 0 aliphatic heterocycles. The molecule has 1 amide bonds. The van der Waals surface area contributed by atoms with Gasteiger partial charge in [-0.1, -0.05) is 35.9 Å². The summed E-state index contributed by atoms with van der Waals surface area (Å²) in [6, 6.07) is 19.0. The first kappa shape index (κ1) is 25.9. The number of benzene rings is 3. The van der Waals surface area contributed by atoms with Gasteiger partial charge in [-0.2, -0.15) is 0 Å². The van der Waals surface area contributed by atoms with Crippen LogP contribution in [0.2, 0.25) is 5.02 Å². The molecule has 0 saturated carbocycles. The molecule has 3 rings (SSSR count). The van der Waals surface area contributed by atoms with Crippen molar-refractivity contribution >= 4 is 49.1 Å². The summed E-state index contributed by atoms with van der Waals surface area (Å²) < 4.78 is 37.6. The zero-order chi connectivity index (χ0) is 24.7. The summed E-state index contributed by atoms with van der Waals surface area (Å²) in [4.78, 5) is 12.4. The number of hydrogen-bond donors (Lipinski definition) is 1. The largest absolute Gasteiger partial charge is 0.493 e. The van der Waals surface area contributed by atoms with Gasteiger partial charge in [-0.25, -0.2) is 8.42 Å². The first-order chi connectivity index (χ1) is 16.2. The van der Waals surface area contributed by atoms with Crippen LogP contribution in [0.25, 0.3) is 0 Å². The second-order valence-electron chi connectivity index (χ2n) is 7.32. The van der Waals surface area contributed by atoms with Gasteiger partial charge in [-0.05, 0) is 64.0 Å². The Morgan fingerprint density at radius 3 is 2.35 bits per heavy atom. The van der Waals surface area contributed by atoms with Gasteiger partial charge in [0.2, 0.25) is 10.0 Å². The van der Waals surface area contributed by atoms with E-state index in [-0.39, 0.29) is 19.1 Å². The van der Waals surface area contributed by atoms with E-state index in [2.05, 4.69) is 21.2 Å². The van der Waals surface area contributed by atoms with Gasteiger partial charge in [-0.15, -0.1) is 0 Å². The molecule has 0 spiro atoms. The Kier molecular flexibility index (Phi) is 8.82. The number of amides is 1. The maximum Gasteiger partial charge on any atom is 0.251 e. The van der Waals surface area contributed by atoms with Crippen LogP contribution < -0.4 is 19.1 Å². The summed E-state index contributed by atoms with van der Waals surface area (Å²) in [5.74, 6) is 0.971. The van der Waals surface area contributed by atoms with Gasteiger partial charge < -0.3 is 14.8 Å². The molecule has 3 aromatic rings. The van der Waals surface area contributed by atoms with Gasteiger partial charge in [0, 0.05) is 10.0 Å². The highest BCUT2D eigenvalue weighted by Crippen LogP contribution is 2.30. The number of ether oxygens (including phenoxy) is 2. The highest BCUT2D eigenvalue weighted by atomic mass is 79.9. The SMILES string of the molecule is COc1ccccc1OCCNC(=O)c1ccc(CN(c2ccc(Br)c(Cl)c2)S(C)(=O)=O)cc1. The van der Waals surface area contributed by atoms with E-state index < -0.39 is 10.0 Å². The standard InChI is InChI=1S/C24H24BrClN2O5S/c1-32-22-5-3-4-6-23(22)33-14-13-27-24(29)18-9-7-17(8-10-18)16-28(34(2,30)31)19-11-12-20(25)21(26)15-19/h3-12,15H,13-14,16H2,1-2H3,(H,27,29). The van der Waals surface area contributed by atoms with Crippen molar-refractivity contribution < 1.29 is 22.7 Å². The van der Waals surface area contributed by atoms with E-state index in [1.165, 1.54) is 4.31 Å². The average molecular weight is 568 g/mol. The fraction of sp³-hybridized carbons (Fsp3) is 0.208. The highest BCUT2D eigenvalue weighted by Gasteiger charge is 2.19. The number of carbonyl (C=O) groups is 1. The highest BCUT2D eigenvalue weighted by molar-refractivity contribution is 9.10. The maximum absolute atomic E-state index is 12.4. The number of rotatable bonds is 10. The van der Waals surface area contributed by atoms with E-state index in [1.807, 2.05) is 12.1 Å². The smallest absolute Gasteiger partial charge is 0.251 e. The molecule has 0 bridgehead atoms. The Morgan fingerprint density at radius 2 is 1.74 bits per heavy atom. The third kappa shape index (κ3) is 6.88. The molecule has 0 radical (unpaired) electrons. The summed E-state index contributed by atoms with van der Waals surface area (Å²) in [5, 5.41) is 3.21. The molecule has 0 saturated heterocycles. The van der Waals surface area contributed by atoms with E-state index in [4.69, 9.17) is 21.1 Å². The number of halogens is 2. The number of nitrogens with zero attached hydrogens (tertiary/aromatic N) is 1. The van der Waals surface area contributed by atoms with E-state index in [0.29, 0.717) is 38.8 Å². The summed E-state index contributed by atoms with van der Waals surface area (Å²) in [7, 11) is -1.99. The molecule has 1 N–H and O–H groups in total. The number of nitrogens with one attached hydrogen (secondary N) is 1. The molecule has 34 heavy (non-hydrogen) atoms. The van der Waals surface area contributed by atoms with Crippen LogP contribution in [0.15, 0.2) is 71.2 Å². The van der Waals surface area contributed by atoms with Gasteiger partial charge in [0.1, 0.15) is 6.61 Å². The van der Waals surface area contributed by atoms with Crippen LogP contribution in [0, 0.1) is 0 Å². The van der Waals surface area contributed by atoms with Gasteiger partial charge in [0.05, 0.1) is 37.2 Å². The van der Waals surface area contributed by atoms with E-state index >= 15 is 0 Å². The van der Waals surface area contributed by atoms with Crippen LogP contribution in [-0.4, -0.2) is 40.8 Å². The lowest BCUT2D eigenvalue weighted by Gasteiger charge is -2.23. The monoisotopic (exact) mass is 566 g/mol. The van der Waals surface area contributed by atoms with Gasteiger partial charge >= 0.3 is 0 Å². The van der Waals surface area contributed by atoms with Crippen LogP contribution >= 0.6 is 27.5 Å². The molecule has 0 aliphatic rings. The Hall–Kier alpha value is -2.75. The predicted molar refractivity (Wildman–Crippen MR) is 137 cm³/mol. The van der Waals surface area contributed by atoms with Gasteiger partial charge in [-0.3, -0.25) is 9.10 Å². The molecule has 3 aromatic carbocycles. The fourth-order valence-corrected chi connectivity index (χ4v) is 4.43. The quantitative estimate of drug-likeness (QED) is 0.353. The molecule has 180 valence electrons. The first-order valence-electron chi connectivity index (χ1n) is 10.2. The van der Waals surface area contributed by atoms with Crippen molar-refractivity contribution in [2.45, 2.75) is 6.54 Å². The van der Waals surface area contributed by atoms with Crippen molar-refractivity contribution in [1.29, 1.82) is 0 Å². The van der Waals surface area contributed by atoms with Crippen molar-refractivity contribution in [1.82, 2.24) is 5.32 Å². The fourth-order valence-electron chi connectivity index (χ4n) is 3.13. The topological polar surface area (TPSA) is 84.9 Å². The number of methoxy groups -OCH3 is 1. The molecule has 0 aromatic heterocycles. The number of carbonyl (C=O) groups excluding carboxylic acids is 1. The van der Waals surface area contributed by atoms with Crippen LogP contribution in [0.3, 0.4) is 0 Å². The number of sulfonamides is 1. The maximum atomic E-state index is 12.4. The number of para-hydroxylation sites is 2. The molecule has 10 heteroatoms. The minimum atomic E-state index is -3.56. The van der Waals surface area contributed by atoms with E-state index in [1.54, 1.807) is 61.7 Å². The van der Waals surface area contributed by atoms with Crippen molar-refractivity contribution in [3.05, 3.63) is 87.4 Å². The molecule has 0 aliphatic carbocycles. The molecule has 0 unspecified atom stereocenters. The molecule has 0 fully saturated rings. The van der Waals surface area contributed by atoms with Crippen molar-refractivity contribution in [2.24, 2.45) is 0 Å². The minimum Gasteiger partial charge on any atom is -0.493 e. The Labute approximate surface area is 212 Å². The van der Waals surface area contributed by atoms with Crippen LogP contribution in [-0.2, 0) is 16.6 Å². The Bertz CT molecular complexity index is 1250. The summed E-state index contributed by atoms with van der Waals surface area (Å²) in [6.07, 6.45) is 1.14. The summed E-state index contributed by atoms with van der Waals surface area (Å²) in [5.41, 5.74) is 1.63. The van der Waals surface area contributed by atoms with E-state index in [0.717, 1.165) is 11.8 Å². The Balaban J connectivity index is 1.59. The molecular weight excluding hydrogens is 544 g/mol. The number of anilines is 1. The van der Waals surface area contributed by atoms with Crippen molar-refractivity contribution in [3.63, 3.8) is 0 Å². The molecule has 0 heterocycles. The number of hydrogen-bond acceptors (Lipinski definition) is 5. The predicted octanol–water partition coefficient (Wildman–Crippen LogP) is 4.89. The van der Waals surface area contributed by atoms with Gasteiger partial charge in [0.15, 0.2) is 11.5 Å². The molecule has 0 atom stereocenters. The second-order valence-corrected chi connectivity index (χ2v) is 10.5. The molecular formula is C24H24BrClN2O5S. The van der Waals surface area contributed by atoms with Crippen LogP contribution in [0.4, 0.5) is 5.69 Å². The summed E-state index contributed by atoms with van der Waals surface area (Å²) in [6.45, 7) is 0.694.